The second-order valence-electron chi connectivity index (χ2n) is 4.90. The van der Waals surface area contributed by atoms with E-state index in [9.17, 15) is 8.42 Å². The molecule has 1 aromatic carbocycles. The molecule has 1 aromatic rings. The van der Waals surface area contributed by atoms with Gasteiger partial charge >= 0.3 is 0 Å². The predicted octanol–water partition coefficient (Wildman–Crippen LogP) is 2.79. The Labute approximate surface area is 137 Å². The first-order chi connectivity index (χ1) is 9.85. The lowest BCUT2D eigenvalue weighted by Crippen LogP contribution is -2.36. The van der Waals surface area contributed by atoms with Crippen LogP contribution in [0.2, 0.25) is 5.02 Å². The Hall–Kier alpha value is -0.270. The van der Waals surface area contributed by atoms with Crippen molar-refractivity contribution in [2.75, 3.05) is 19.1 Å². The van der Waals surface area contributed by atoms with Crippen LogP contribution in [0.1, 0.15) is 24.5 Å². The first kappa shape index (κ1) is 18.8. The molecule has 0 saturated heterocycles. The molecule has 1 rings (SSSR count). The summed E-state index contributed by atoms with van der Waals surface area (Å²) in [7, 11) is -1.75. The highest BCUT2D eigenvalue weighted by Crippen LogP contribution is 2.25. The number of nitrogens with one attached hydrogen (secondary N) is 2. The Morgan fingerprint density at radius 3 is 2.57 bits per heavy atom. The number of halogens is 1. The van der Waals surface area contributed by atoms with E-state index >= 15 is 0 Å². The van der Waals surface area contributed by atoms with Gasteiger partial charge in [0.05, 0.1) is 4.90 Å². The van der Waals surface area contributed by atoms with Crippen LogP contribution in [-0.2, 0) is 16.6 Å². The number of hydrogen-bond acceptors (Lipinski definition) is 4. The second-order valence-corrected chi connectivity index (χ2v) is 7.93. The number of sulfonamides is 1. The molecule has 0 amide bonds. The molecular weight excluding hydrogens is 328 g/mol. The van der Waals surface area contributed by atoms with Crippen LogP contribution in [0.3, 0.4) is 0 Å². The van der Waals surface area contributed by atoms with Gasteiger partial charge in [0.2, 0.25) is 10.0 Å². The molecular formula is C14H23ClN2O2S2. The van der Waals surface area contributed by atoms with E-state index in [4.69, 9.17) is 11.6 Å². The molecule has 0 aliphatic rings. The molecule has 2 N–H and O–H groups in total. The smallest absolute Gasteiger partial charge is 0.241 e. The second kappa shape index (κ2) is 8.39. The van der Waals surface area contributed by atoms with Gasteiger partial charge in [-0.2, -0.15) is 11.8 Å². The third-order valence-corrected chi connectivity index (χ3v) is 5.87. The Balaban J connectivity index is 3.18. The van der Waals surface area contributed by atoms with Gasteiger partial charge in [0.15, 0.2) is 0 Å². The van der Waals surface area contributed by atoms with Crippen molar-refractivity contribution in [3.05, 3.63) is 28.3 Å². The Kier molecular flexibility index (Phi) is 7.50. The van der Waals surface area contributed by atoms with Crippen molar-refractivity contribution in [2.45, 2.75) is 37.8 Å². The number of rotatable bonds is 8. The molecule has 0 aliphatic carbocycles. The fraction of sp³-hybridized carbons (Fsp3) is 0.571. The molecule has 0 radical (unpaired) electrons. The van der Waals surface area contributed by atoms with Crippen LogP contribution >= 0.6 is 23.4 Å². The maximum absolute atomic E-state index is 12.6. The Bertz CT molecular complexity index is 577. The minimum Gasteiger partial charge on any atom is -0.316 e. The largest absolute Gasteiger partial charge is 0.316 e. The van der Waals surface area contributed by atoms with Crippen LogP contribution in [0, 0.1) is 6.92 Å². The average molecular weight is 351 g/mol. The summed E-state index contributed by atoms with van der Waals surface area (Å²) in [5.74, 6) is 0.749. The van der Waals surface area contributed by atoms with Gasteiger partial charge in [-0.25, -0.2) is 13.1 Å². The van der Waals surface area contributed by atoms with E-state index in [0.717, 1.165) is 23.3 Å². The average Bonchev–Trinajstić information content (AvgIpc) is 2.41. The van der Waals surface area contributed by atoms with Crippen molar-refractivity contribution in [2.24, 2.45) is 0 Å². The summed E-state index contributed by atoms with van der Waals surface area (Å²) in [5, 5.41) is 3.46. The summed E-state index contributed by atoms with van der Waals surface area (Å²) in [6, 6.07) is 3.24. The zero-order valence-electron chi connectivity index (χ0n) is 12.9. The van der Waals surface area contributed by atoms with E-state index < -0.39 is 10.0 Å². The number of thioether (sulfide) groups is 1. The summed E-state index contributed by atoms with van der Waals surface area (Å²) >= 11 is 7.70. The Morgan fingerprint density at radius 2 is 2.05 bits per heavy atom. The highest BCUT2D eigenvalue weighted by atomic mass is 35.5. The van der Waals surface area contributed by atoms with Gasteiger partial charge in [0, 0.05) is 23.4 Å². The summed E-state index contributed by atoms with van der Waals surface area (Å²) in [4.78, 5) is 0.264. The summed E-state index contributed by atoms with van der Waals surface area (Å²) in [6.45, 7) is 4.37. The molecule has 1 unspecified atom stereocenters. The van der Waals surface area contributed by atoms with E-state index in [1.165, 1.54) is 6.07 Å². The molecule has 0 spiro atoms. The van der Waals surface area contributed by atoms with Gasteiger partial charge in [-0.1, -0.05) is 18.5 Å². The SMILES string of the molecule is CCC(CSC)NS(=O)(=O)c1cc(Cl)cc(CNC)c1C. The lowest BCUT2D eigenvalue weighted by Gasteiger charge is -2.18. The van der Waals surface area contributed by atoms with Crippen molar-refractivity contribution >= 4 is 33.4 Å². The van der Waals surface area contributed by atoms with Gasteiger partial charge < -0.3 is 5.32 Å². The van der Waals surface area contributed by atoms with Crippen LogP contribution in [0.25, 0.3) is 0 Å². The molecule has 21 heavy (non-hydrogen) atoms. The van der Waals surface area contributed by atoms with Crippen LogP contribution in [-0.4, -0.2) is 33.5 Å². The first-order valence-electron chi connectivity index (χ1n) is 6.80. The molecule has 120 valence electrons. The van der Waals surface area contributed by atoms with E-state index in [1.54, 1.807) is 17.8 Å². The van der Waals surface area contributed by atoms with Crippen LogP contribution in [0.5, 0.6) is 0 Å². The minimum atomic E-state index is -3.56. The van der Waals surface area contributed by atoms with E-state index in [2.05, 4.69) is 10.0 Å². The summed E-state index contributed by atoms with van der Waals surface area (Å²) < 4.78 is 28.0. The van der Waals surface area contributed by atoms with Gasteiger partial charge in [0.25, 0.3) is 0 Å². The van der Waals surface area contributed by atoms with Gasteiger partial charge in [-0.05, 0) is 49.9 Å². The summed E-state index contributed by atoms with van der Waals surface area (Å²) in [6.07, 6.45) is 2.72. The van der Waals surface area contributed by atoms with Gasteiger partial charge in [-0.3, -0.25) is 0 Å². The molecule has 0 aliphatic heterocycles. The zero-order chi connectivity index (χ0) is 16.0. The molecule has 7 heteroatoms. The molecule has 0 aromatic heterocycles. The third-order valence-electron chi connectivity index (χ3n) is 3.27. The maximum Gasteiger partial charge on any atom is 0.241 e. The zero-order valence-corrected chi connectivity index (χ0v) is 15.3. The third kappa shape index (κ3) is 5.14. The normalized spacial score (nSPS) is 13.4. The van der Waals surface area contributed by atoms with Crippen LogP contribution in [0.15, 0.2) is 17.0 Å². The fourth-order valence-electron chi connectivity index (χ4n) is 2.08. The maximum atomic E-state index is 12.6. The molecule has 0 saturated carbocycles. The quantitative estimate of drug-likeness (QED) is 0.757. The van der Waals surface area contributed by atoms with Crippen molar-refractivity contribution in [3.63, 3.8) is 0 Å². The fourth-order valence-corrected chi connectivity index (χ4v) is 4.85. The predicted molar refractivity (Wildman–Crippen MR) is 91.7 cm³/mol. The van der Waals surface area contributed by atoms with E-state index in [0.29, 0.717) is 11.6 Å². The summed E-state index contributed by atoms with van der Waals surface area (Å²) in [5.41, 5.74) is 1.63. The van der Waals surface area contributed by atoms with Gasteiger partial charge in [0.1, 0.15) is 0 Å². The molecule has 0 fully saturated rings. The number of benzene rings is 1. The standard InChI is InChI=1S/C14H23ClN2O2S2/c1-5-13(9-20-4)17-21(18,19)14-7-12(15)6-11(8-16-3)10(14)2/h6-7,13,16-17H,5,8-9H2,1-4H3. The Morgan fingerprint density at radius 1 is 1.38 bits per heavy atom. The van der Waals surface area contributed by atoms with Gasteiger partial charge in [-0.15, -0.1) is 0 Å². The van der Waals surface area contributed by atoms with E-state index in [-0.39, 0.29) is 10.9 Å². The molecule has 1 atom stereocenters. The topological polar surface area (TPSA) is 58.2 Å². The van der Waals surface area contributed by atoms with Crippen LogP contribution in [0.4, 0.5) is 0 Å². The highest BCUT2D eigenvalue weighted by molar-refractivity contribution is 7.98. The highest BCUT2D eigenvalue weighted by Gasteiger charge is 2.22. The lowest BCUT2D eigenvalue weighted by molar-refractivity contribution is 0.557. The van der Waals surface area contributed by atoms with Crippen molar-refractivity contribution in [1.82, 2.24) is 10.0 Å². The first-order valence-corrected chi connectivity index (χ1v) is 10.1. The minimum absolute atomic E-state index is 0.0730. The lowest BCUT2D eigenvalue weighted by atomic mass is 10.1. The van der Waals surface area contributed by atoms with Crippen molar-refractivity contribution < 1.29 is 8.42 Å². The van der Waals surface area contributed by atoms with E-state index in [1.807, 2.05) is 27.2 Å². The molecule has 4 nitrogen and oxygen atoms in total. The van der Waals surface area contributed by atoms with Crippen molar-refractivity contribution in [1.29, 1.82) is 0 Å². The monoisotopic (exact) mass is 350 g/mol. The molecule has 0 bridgehead atoms. The molecule has 0 heterocycles. The van der Waals surface area contributed by atoms with Crippen molar-refractivity contribution in [3.8, 4) is 0 Å². The van der Waals surface area contributed by atoms with Crippen LogP contribution < -0.4 is 10.0 Å². The number of hydrogen-bond donors (Lipinski definition) is 2.